The molecule has 1 atom stereocenters. The Hall–Kier alpha value is -0.860. The lowest BCUT2D eigenvalue weighted by Gasteiger charge is -2.36. The fourth-order valence-corrected chi connectivity index (χ4v) is 2.37. The van der Waals surface area contributed by atoms with Gasteiger partial charge in [0.15, 0.2) is 0 Å². The highest BCUT2D eigenvalue weighted by Gasteiger charge is 2.34. The van der Waals surface area contributed by atoms with Gasteiger partial charge in [-0.2, -0.15) is 0 Å². The zero-order valence-corrected chi connectivity index (χ0v) is 11.7. The average molecular weight is 235 g/mol. The van der Waals surface area contributed by atoms with Crippen LogP contribution in [-0.2, 0) is 4.74 Å². The molecule has 96 valence electrons. The Kier molecular flexibility index (Phi) is 4.72. The number of hydrogen-bond acceptors (Lipinski definition) is 2. The van der Waals surface area contributed by atoms with Crippen LogP contribution in [0.2, 0.25) is 0 Å². The van der Waals surface area contributed by atoms with Crippen molar-refractivity contribution in [3.63, 3.8) is 0 Å². The molecule has 0 saturated heterocycles. The number of hydrogen-bond donors (Lipinski definition) is 1. The van der Waals surface area contributed by atoms with Crippen LogP contribution >= 0.6 is 0 Å². The predicted octanol–water partition coefficient (Wildman–Crippen LogP) is 3.51. The zero-order valence-electron chi connectivity index (χ0n) is 11.7. The normalized spacial score (nSPS) is 13.8. The second kappa shape index (κ2) is 5.65. The molecule has 1 aromatic carbocycles. The first-order chi connectivity index (χ1) is 8.00. The van der Waals surface area contributed by atoms with E-state index in [1.807, 2.05) is 0 Å². The minimum atomic E-state index is -0.248. The summed E-state index contributed by atoms with van der Waals surface area (Å²) in [6, 6.07) is 6.36. The van der Waals surface area contributed by atoms with E-state index in [0.717, 1.165) is 12.8 Å². The van der Waals surface area contributed by atoms with Crippen molar-refractivity contribution >= 4 is 0 Å². The van der Waals surface area contributed by atoms with E-state index in [4.69, 9.17) is 10.5 Å². The first-order valence-corrected chi connectivity index (χ1v) is 6.38. The molecule has 2 N–H and O–H groups in total. The standard InChI is InChI=1S/C15H25NO/c1-6-15(7-2,17-5)14(16)13-9-8-11(3)12(4)10-13/h8-10,14H,6-7,16H2,1-5H3. The Bertz CT molecular complexity index is 361. The molecule has 0 aliphatic rings. The Morgan fingerprint density at radius 1 is 1.18 bits per heavy atom. The van der Waals surface area contributed by atoms with E-state index < -0.39 is 0 Å². The van der Waals surface area contributed by atoms with Crippen molar-refractivity contribution in [3.05, 3.63) is 34.9 Å². The van der Waals surface area contributed by atoms with Gasteiger partial charge in [0.1, 0.15) is 0 Å². The second-order valence-corrected chi connectivity index (χ2v) is 4.80. The molecule has 0 amide bonds. The van der Waals surface area contributed by atoms with Gasteiger partial charge in [-0.25, -0.2) is 0 Å². The molecule has 0 bridgehead atoms. The summed E-state index contributed by atoms with van der Waals surface area (Å²) >= 11 is 0. The molecule has 1 unspecified atom stereocenters. The quantitative estimate of drug-likeness (QED) is 0.847. The number of nitrogens with two attached hydrogens (primary N) is 1. The third-order valence-electron chi connectivity index (χ3n) is 4.06. The lowest BCUT2D eigenvalue weighted by molar-refractivity contribution is -0.0385. The van der Waals surface area contributed by atoms with Gasteiger partial charge in [-0.1, -0.05) is 32.0 Å². The molecular formula is C15H25NO. The molecular weight excluding hydrogens is 210 g/mol. The van der Waals surface area contributed by atoms with Gasteiger partial charge < -0.3 is 10.5 Å². The molecule has 0 aliphatic heterocycles. The Morgan fingerprint density at radius 2 is 1.76 bits per heavy atom. The van der Waals surface area contributed by atoms with E-state index in [1.54, 1.807) is 7.11 Å². The lowest BCUT2D eigenvalue weighted by Crippen LogP contribution is -2.42. The maximum absolute atomic E-state index is 6.40. The predicted molar refractivity (Wildman–Crippen MR) is 73.2 cm³/mol. The minimum absolute atomic E-state index is 0.0678. The Labute approximate surface area is 105 Å². The average Bonchev–Trinajstić information content (AvgIpc) is 2.35. The van der Waals surface area contributed by atoms with Gasteiger partial charge in [-0.15, -0.1) is 0 Å². The van der Waals surface area contributed by atoms with Gasteiger partial charge in [-0.05, 0) is 43.4 Å². The van der Waals surface area contributed by atoms with Crippen molar-refractivity contribution in [1.82, 2.24) is 0 Å². The number of methoxy groups -OCH3 is 1. The summed E-state index contributed by atoms with van der Waals surface area (Å²) in [6.45, 7) is 8.51. The highest BCUT2D eigenvalue weighted by atomic mass is 16.5. The highest BCUT2D eigenvalue weighted by molar-refractivity contribution is 5.32. The van der Waals surface area contributed by atoms with Gasteiger partial charge in [0, 0.05) is 7.11 Å². The summed E-state index contributed by atoms with van der Waals surface area (Å²) in [5.41, 5.74) is 9.91. The van der Waals surface area contributed by atoms with Crippen LogP contribution in [0.3, 0.4) is 0 Å². The minimum Gasteiger partial charge on any atom is -0.376 e. The number of rotatable bonds is 5. The molecule has 0 aromatic heterocycles. The Balaban J connectivity index is 3.09. The smallest absolute Gasteiger partial charge is 0.0865 e. The topological polar surface area (TPSA) is 35.2 Å². The molecule has 0 spiro atoms. The molecule has 2 nitrogen and oxygen atoms in total. The van der Waals surface area contributed by atoms with Crippen LogP contribution in [0.15, 0.2) is 18.2 Å². The number of ether oxygens (including phenoxy) is 1. The first-order valence-electron chi connectivity index (χ1n) is 6.38. The summed E-state index contributed by atoms with van der Waals surface area (Å²) < 4.78 is 5.70. The van der Waals surface area contributed by atoms with Gasteiger partial charge in [0.25, 0.3) is 0 Å². The molecule has 1 aromatic rings. The largest absolute Gasteiger partial charge is 0.376 e. The van der Waals surface area contributed by atoms with Crippen molar-refractivity contribution in [1.29, 1.82) is 0 Å². The van der Waals surface area contributed by atoms with Crippen LogP contribution in [0.25, 0.3) is 0 Å². The first kappa shape index (κ1) is 14.2. The molecule has 0 heterocycles. The maximum Gasteiger partial charge on any atom is 0.0865 e. The summed E-state index contributed by atoms with van der Waals surface area (Å²) in [5, 5.41) is 0. The molecule has 0 aliphatic carbocycles. The molecule has 0 radical (unpaired) electrons. The van der Waals surface area contributed by atoms with E-state index in [9.17, 15) is 0 Å². The third kappa shape index (κ3) is 2.70. The van der Waals surface area contributed by atoms with Crippen LogP contribution in [0, 0.1) is 13.8 Å². The summed E-state index contributed by atoms with van der Waals surface area (Å²) in [5.74, 6) is 0. The molecule has 17 heavy (non-hydrogen) atoms. The summed E-state index contributed by atoms with van der Waals surface area (Å²) in [4.78, 5) is 0. The molecule has 0 fully saturated rings. The van der Waals surface area contributed by atoms with Crippen LogP contribution < -0.4 is 5.73 Å². The van der Waals surface area contributed by atoms with E-state index in [2.05, 4.69) is 45.9 Å². The maximum atomic E-state index is 6.40. The summed E-state index contributed by atoms with van der Waals surface area (Å²) in [7, 11) is 1.76. The highest BCUT2D eigenvalue weighted by Crippen LogP contribution is 2.33. The number of aryl methyl sites for hydroxylation is 2. The van der Waals surface area contributed by atoms with Gasteiger partial charge >= 0.3 is 0 Å². The van der Waals surface area contributed by atoms with Crippen molar-refractivity contribution in [2.45, 2.75) is 52.2 Å². The van der Waals surface area contributed by atoms with Crippen molar-refractivity contribution in [2.24, 2.45) is 5.73 Å². The van der Waals surface area contributed by atoms with E-state index in [1.165, 1.54) is 16.7 Å². The van der Waals surface area contributed by atoms with Crippen molar-refractivity contribution < 1.29 is 4.74 Å². The van der Waals surface area contributed by atoms with Gasteiger partial charge in [0.05, 0.1) is 11.6 Å². The van der Waals surface area contributed by atoms with E-state index in [0.29, 0.717) is 0 Å². The fraction of sp³-hybridized carbons (Fsp3) is 0.600. The van der Waals surface area contributed by atoms with Crippen LogP contribution in [-0.4, -0.2) is 12.7 Å². The zero-order chi connectivity index (χ0) is 13.1. The van der Waals surface area contributed by atoms with Crippen molar-refractivity contribution in [3.8, 4) is 0 Å². The van der Waals surface area contributed by atoms with Crippen LogP contribution in [0.1, 0.15) is 49.4 Å². The SMILES string of the molecule is CCC(CC)(OC)C(N)c1ccc(C)c(C)c1. The third-order valence-corrected chi connectivity index (χ3v) is 4.06. The number of benzene rings is 1. The molecule has 0 saturated carbocycles. The van der Waals surface area contributed by atoms with Crippen LogP contribution in [0.5, 0.6) is 0 Å². The van der Waals surface area contributed by atoms with Gasteiger partial charge in [0.2, 0.25) is 0 Å². The monoisotopic (exact) mass is 235 g/mol. The summed E-state index contributed by atoms with van der Waals surface area (Å²) in [6.07, 6.45) is 1.85. The van der Waals surface area contributed by atoms with Crippen molar-refractivity contribution in [2.75, 3.05) is 7.11 Å². The molecule has 2 heteroatoms. The van der Waals surface area contributed by atoms with Gasteiger partial charge in [-0.3, -0.25) is 0 Å². The Morgan fingerprint density at radius 3 is 2.18 bits per heavy atom. The fourth-order valence-electron chi connectivity index (χ4n) is 2.37. The molecule has 1 rings (SSSR count). The van der Waals surface area contributed by atoms with Crippen LogP contribution in [0.4, 0.5) is 0 Å². The van der Waals surface area contributed by atoms with E-state index >= 15 is 0 Å². The van der Waals surface area contributed by atoms with E-state index in [-0.39, 0.29) is 11.6 Å². The second-order valence-electron chi connectivity index (χ2n) is 4.80. The lowest BCUT2D eigenvalue weighted by atomic mass is 9.83.